The molecule has 1 aliphatic heterocycles. The number of carbonyl (C=O) groups excluding carboxylic acids is 2. The molecule has 3 fully saturated rings. The molecule has 2 N–H and O–H groups in total. The Hall–Kier alpha value is -3.11. The van der Waals surface area contributed by atoms with Crippen molar-refractivity contribution in [1.29, 1.82) is 5.26 Å². The fourth-order valence-corrected chi connectivity index (χ4v) is 6.24. The molecule has 2 aromatic rings. The molecule has 0 bridgehead atoms. The van der Waals surface area contributed by atoms with E-state index < -0.39 is 17.2 Å². The van der Waals surface area contributed by atoms with Crippen molar-refractivity contribution in [3.63, 3.8) is 0 Å². The maximum Gasteiger partial charge on any atom is 0.412 e. The topological polar surface area (TPSA) is 94.5 Å². The van der Waals surface area contributed by atoms with Crippen molar-refractivity contribution in [1.82, 2.24) is 10.2 Å². The summed E-state index contributed by atoms with van der Waals surface area (Å²) in [5, 5.41) is 18.1. The molecule has 190 valence electrons. The van der Waals surface area contributed by atoms with Crippen molar-refractivity contribution in [2.45, 2.75) is 87.8 Å². The largest absolute Gasteiger partial charge is 0.433 e. The number of anilines is 1. The van der Waals surface area contributed by atoms with E-state index in [-0.39, 0.29) is 5.91 Å². The molecule has 1 heterocycles. The number of nitrogens with zero attached hydrogens (tertiary/aromatic N) is 2. The molecule has 36 heavy (non-hydrogen) atoms. The second-order valence-corrected chi connectivity index (χ2v) is 10.8. The van der Waals surface area contributed by atoms with Crippen LogP contribution in [0, 0.1) is 11.3 Å². The van der Waals surface area contributed by atoms with Gasteiger partial charge in [0.1, 0.15) is 5.54 Å². The number of rotatable bonds is 5. The summed E-state index contributed by atoms with van der Waals surface area (Å²) in [4.78, 5) is 29.1. The molecule has 3 aliphatic rings. The Kier molecular flexibility index (Phi) is 7.15. The lowest BCUT2D eigenvalue weighted by molar-refractivity contribution is -0.144. The number of hydrogen-bond donors (Lipinski definition) is 2. The highest BCUT2D eigenvalue weighted by Gasteiger charge is 2.49. The summed E-state index contributed by atoms with van der Waals surface area (Å²) in [6.45, 7) is 1.36. The van der Waals surface area contributed by atoms with Gasteiger partial charge in [0.05, 0.1) is 6.07 Å². The van der Waals surface area contributed by atoms with Crippen molar-refractivity contribution >= 4 is 28.5 Å². The molecule has 1 unspecified atom stereocenters. The molecule has 5 rings (SSSR count). The number of carbonyl (C=O) groups is 2. The Morgan fingerprint density at radius 3 is 2.42 bits per heavy atom. The van der Waals surface area contributed by atoms with Gasteiger partial charge in [-0.3, -0.25) is 15.0 Å². The molecule has 0 spiro atoms. The first kappa shape index (κ1) is 24.6. The minimum Gasteiger partial charge on any atom is -0.433 e. The zero-order valence-corrected chi connectivity index (χ0v) is 20.9. The zero-order chi connectivity index (χ0) is 25.0. The van der Waals surface area contributed by atoms with Crippen LogP contribution in [-0.4, -0.2) is 47.2 Å². The first-order valence-corrected chi connectivity index (χ1v) is 13.5. The smallest absolute Gasteiger partial charge is 0.412 e. The monoisotopic (exact) mass is 488 g/mol. The first-order valence-electron chi connectivity index (χ1n) is 13.5. The molecule has 2 aromatic carbocycles. The third kappa shape index (κ3) is 5.19. The third-order valence-corrected chi connectivity index (χ3v) is 8.32. The van der Waals surface area contributed by atoms with E-state index in [2.05, 4.69) is 21.6 Å². The second kappa shape index (κ2) is 10.5. The number of likely N-dealkylation sites (tertiary alicyclic amines) is 1. The van der Waals surface area contributed by atoms with Crippen LogP contribution in [0.25, 0.3) is 10.8 Å². The fourth-order valence-electron chi connectivity index (χ4n) is 6.24. The highest BCUT2D eigenvalue weighted by molar-refractivity contribution is 5.94. The van der Waals surface area contributed by atoms with Crippen molar-refractivity contribution in [2.24, 2.45) is 0 Å². The Morgan fingerprint density at radius 2 is 1.67 bits per heavy atom. The number of nitriles is 1. The van der Waals surface area contributed by atoms with Gasteiger partial charge in [-0.15, -0.1) is 0 Å². The molecule has 2 aliphatic carbocycles. The van der Waals surface area contributed by atoms with E-state index in [0.717, 1.165) is 49.4 Å². The van der Waals surface area contributed by atoms with Gasteiger partial charge in [-0.2, -0.15) is 5.26 Å². The number of benzene rings is 2. The maximum absolute atomic E-state index is 13.7. The molecule has 1 atom stereocenters. The number of hydrogen-bond acceptors (Lipinski definition) is 5. The Labute approximate surface area is 213 Å². The van der Waals surface area contributed by atoms with Gasteiger partial charge in [-0.1, -0.05) is 56.0 Å². The third-order valence-electron chi connectivity index (χ3n) is 8.32. The van der Waals surface area contributed by atoms with Crippen LogP contribution in [0.3, 0.4) is 0 Å². The van der Waals surface area contributed by atoms with Gasteiger partial charge in [0.15, 0.2) is 5.60 Å². The Balaban J connectivity index is 1.27. The Bertz CT molecular complexity index is 1150. The van der Waals surface area contributed by atoms with Crippen LogP contribution in [0.2, 0.25) is 0 Å². The minimum atomic E-state index is -1.25. The van der Waals surface area contributed by atoms with Crippen LogP contribution in [0.15, 0.2) is 42.5 Å². The maximum atomic E-state index is 13.7. The quantitative estimate of drug-likeness (QED) is 0.579. The molecule has 2 saturated carbocycles. The van der Waals surface area contributed by atoms with E-state index >= 15 is 0 Å². The number of amides is 2. The van der Waals surface area contributed by atoms with Gasteiger partial charge < -0.3 is 10.1 Å². The lowest BCUT2D eigenvalue weighted by Crippen LogP contribution is -2.59. The van der Waals surface area contributed by atoms with Gasteiger partial charge in [0.2, 0.25) is 0 Å². The van der Waals surface area contributed by atoms with E-state index in [1.807, 2.05) is 42.5 Å². The number of fused-ring (bicyclic) bond motifs is 1. The molecule has 7 nitrogen and oxygen atoms in total. The van der Waals surface area contributed by atoms with Crippen LogP contribution in [0.4, 0.5) is 10.5 Å². The summed E-state index contributed by atoms with van der Waals surface area (Å²) in [7, 11) is 0. The van der Waals surface area contributed by atoms with Crippen LogP contribution >= 0.6 is 0 Å². The SMILES string of the molecule is N#CC1(NC(=O)C2(OC(=O)Nc3ccc4ccccc4c3)CCCCC2)CCN(C2CCCCC2)C1. The lowest BCUT2D eigenvalue weighted by Gasteiger charge is -2.38. The second-order valence-electron chi connectivity index (χ2n) is 10.8. The summed E-state index contributed by atoms with van der Waals surface area (Å²) in [5.41, 5.74) is -1.56. The van der Waals surface area contributed by atoms with Gasteiger partial charge in [0.25, 0.3) is 5.91 Å². The molecule has 2 amide bonds. The summed E-state index contributed by atoms with van der Waals surface area (Å²) < 4.78 is 5.91. The number of ether oxygens (including phenoxy) is 1. The van der Waals surface area contributed by atoms with E-state index in [1.165, 1.54) is 19.3 Å². The van der Waals surface area contributed by atoms with Gasteiger partial charge >= 0.3 is 6.09 Å². The molecular formula is C29H36N4O3. The van der Waals surface area contributed by atoms with E-state index in [4.69, 9.17) is 4.74 Å². The average Bonchev–Trinajstić information content (AvgIpc) is 3.34. The fraction of sp³-hybridized carbons (Fsp3) is 0.552. The van der Waals surface area contributed by atoms with Gasteiger partial charge in [-0.25, -0.2) is 4.79 Å². The van der Waals surface area contributed by atoms with Crippen molar-refractivity contribution in [3.05, 3.63) is 42.5 Å². The molecule has 1 saturated heterocycles. The summed E-state index contributed by atoms with van der Waals surface area (Å²) in [5.74, 6) is -0.331. The van der Waals surface area contributed by atoms with E-state index in [9.17, 15) is 14.9 Å². The van der Waals surface area contributed by atoms with Crippen LogP contribution in [0.5, 0.6) is 0 Å². The number of nitrogens with one attached hydrogen (secondary N) is 2. The van der Waals surface area contributed by atoms with Crippen molar-refractivity contribution in [2.75, 3.05) is 18.4 Å². The standard InChI is InChI=1S/C29H36N4O3/c30-20-28(17-18-33(21-28)25-11-3-1-4-12-25)32-26(34)29(15-7-2-8-16-29)36-27(35)31-24-14-13-22-9-5-6-10-23(22)19-24/h5-6,9-10,13-14,19,25H,1-4,7-8,11-12,15-18,21H2,(H,31,35)(H,32,34). The normalized spacial score (nSPS) is 24.6. The van der Waals surface area contributed by atoms with Crippen molar-refractivity contribution in [3.8, 4) is 6.07 Å². The molecule has 7 heteroatoms. The van der Waals surface area contributed by atoms with Crippen LogP contribution < -0.4 is 10.6 Å². The zero-order valence-electron chi connectivity index (χ0n) is 20.9. The first-order chi connectivity index (χ1) is 17.5. The summed E-state index contributed by atoms with van der Waals surface area (Å²) in [6, 6.07) is 16.5. The predicted octanol–water partition coefficient (Wildman–Crippen LogP) is 5.51. The Morgan fingerprint density at radius 1 is 0.944 bits per heavy atom. The highest BCUT2D eigenvalue weighted by atomic mass is 16.6. The molecule has 0 radical (unpaired) electrons. The van der Waals surface area contributed by atoms with Gasteiger partial charge in [0, 0.05) is 24.8 Å². The summed E-state index contributed by atoms with van der Waals surface area (Å²) >= 11 is 0. The molecule has 0 aromatic heterocycles. The van der Waals surface area contributed by atoms with Gasteiger partial charge in [-0.05, 0) is 67.9 Å². The highest BCUT2D eigenvalue weighted by Crippen LogP contribution is 2.35. The van der Waals surface area contributed by atoms with Crippen LogP contribution in [0.1, 0.15) is 70.6 Å². The van der Waals surface area contributed by atoms with Crippen LogP contribution in [-0.2, 0) is 9.53 Å². The molecular weight excluding hydrogens is 452 g/mol. The minimum absolute atomic E-state index is 0.331. The predicted molar refractivity (Wildman–Crippen MR) is 139 cm³/mol. The van der Waals surface area contributed by atoms with E-state index in [0.29, 0.717) is 37.5 Å². The summed E-state index contributed by atoms with van der Waals surface area (Å²) in [6.07, 6.45) is 9.61. The average molecular weight is 489 g/mol. The van der Waals surface area contributed by atoms with Crippen molar-refractivity contribution < 1.29 is 14.3 Å². The van der Waals surface area contributed by atoms with E-state index in [1.54, 1.807) is 0 Å². The lowest BCUT2D eigenvalue weighted by atomic mass is 9.83.